The monoisotopic (exact) mass is 277 g/mol. The van der Waals surface area contributed by atoms with Crippen LogP contribution in [0.15, 0.2) is 0 Å². The fourth-order valence-electron chi connectivity index (χ4n) is 2.04. The molecule has 1 fully saturated rings. The molecular weight excluding hydrogens is 250 g/mol. The van der Waals surface area contributed by atoms with Gasteiger partial charge in [0.25, 0.3) is 10.2 Å². The van der Waals surface area contributed by atoms with Crippen molar-refractivity contribution in [3.63, 3.8) is 0 Å². The highest BCUT2D eigenvalue weighted by Crippen LogP contribution is 2.19. The van der Waals surface area contributed by atoms with Gasteiger partial charge in [-0.15, -0.1) is 0 Å². The molecule has 1 rings (SSSR count). The van der Waals surface area contributed by atoms with E-state index in [1.54, 1.807) is 4.31 Å². The predicted molar refractivity (Wildman–Crippen MR) is 74.6 cm³/mol. The molecule has 0 aromatic rings. The van der Waals surface area contributed by atoms with Crippen molar-refractivity contribution in [2.24, 2.45) is 11.3 Å². The van der Waals surface area contributed by atoms with Gasteiger partial charge in [0.2, 0.25) is 0 Å². The maximum Gasteiger partial charge on any atom is 0.279 e. The highest BCUT2D eigenvalue weighted by Gasteiger charge is 2.28. The van der Waals surface area contributed by atoms with Gasteiger partial charge in [0.05, 0.1) is 0 Å². The Hall–Kier alpha value is -0.170. The van der Waals surface area contributed by atoms with Gasteiger partial charge in [-0.1, -0.05) is 20.8 Å². The van der Waals surface area contributed by atoms with E-state index in [9.17, 15) is 8.42 Å². The normalized spacial score (nSPS) is 20.2. The fourth-order valence-corrected chi connectivity index (χ4v) is 3.53. The van der Waals surface area contributed by atoms with E-state index in [2.05, 4.69) is 10.0 Å². The first-order valence-corrected chi connectivity index (χ1v) is 8.08. The summed E-state index contributed by atoms with van der Waals surface area (Å²) >= 11 is 0. The first-order chi connectivity index (χ1) is 8.24. The first kappa shape index (κ1) is 15.9. The Morgan fingerprint density at radius 3 is 2.22 bits per heavy atom. The topological polar surface area (TPSA) is 61.4 Å². The van der Waals surface area contributed by atoms with E-state index in [-0.39, 0.29) is 5.41 Å². The van der Waals surface area contributed by atoms with Crippen molar-refractivity contribution >= 4 is 10.2 Å². The molecule has 0 aliphatic carbocycles. The zero-order valence-electron chi connectivity index (χ0n) is 12.0. The Balaban J connectivity index is 2.45. The molecule has 0 radical (unpaired) electrons. The van der Waals surface area contributed by atoms with Gasteiger partial charge in [0, 0.05) is 19.6 Å². The molecule has 108 valence electrons. The molecule has 2 N–H and O–H groups in total. The molecular formula is C12H27N3O2S. The van der Waals surface area contributed by atoms with Gasteiger partial charge < -0.3 is 5.32 Å². The van der Waals surface area contributed by atoms with Crippen LogP contribution >= 0.6 is 0 Å². The molecule has 0 bridgehead atoms. The molecule has 6 heteroatoms. The van der Waals surface area contributed by atoms with Gasteiger partial charge in [-0.3, -0.25) is 0 Å². The van der Waals surface area contributed by atoms with Gasteiger partial charge in [0.15, 0.2) is 0 Å². The lowest BCUT2D eigenvalue weighted by atomic mass is 9.98. The molecule has 1 aliphatic heterocycles. The third-order valence-electron chi connectivity index (χ3n) is 3.19. The quantitative estimate of drug-likeness (QED) is 0.781. The predicted octanol–water partition coefficient (Wildman–Crippen LogP) is 0.798. The third kappa shape index (κ3) is 5.22. The minimum atomic E-state index is -3.29. The van der Waals surface area contributed by atoms with Crippen LogP contribution in [0.3, 0.4) is 0 Å². The van der Waals surface area contributed by atoms with Crippen LogP contribution in [0.2, 0.25) is 0 Å². The summed E-state index contributed by atoms with van der Waals surface area (Å²) in [5.74, 6) is 0.601. The van der Waals surface area contributed by atoms with Crippen molar-refractivity contribution in [1.82, 2.24) is 14.3 Å². The number of piperidine rings is 1. The lowest BCUT2D eigenvalue weighted by molar-refractivity contribution is 0.266. The van der Waals surface area contributed by atoms with Crippen LogP contribution in [-0.4, -0.2) is 45.9 Å². The highest BCUT2D eigenvalue weighted by molar-refractivity contribution is 7.87. The molecule has 0 aromatic heterocycles. The third-order valence-corrected chi connectivity index (χ3v) is 4.75. The summed E-state index contributed by atoms with van der Waals surface area (Å²) in [6, 6.07) is 0. The molecule has 0 atom stereocenters. The summed E-state index contributed by atoms with van der Waals surface area (Å²) in [7, 11) is -1.35. The van der Waals surface area contributed by atoms with Crippen LogP contribution in [0.4, 0.5) is 0 Å². The van der Waals surface area contributed by atoms with E-state index in [1.165, 1.54) is 0 Å². The van der Waals surface area contributed by atoms with Crippen LogP contribution < -0.4 is 10.0 Å². The van der Waals surface area contributed by atoms with Crippen molar-refractivity contribution in [1.29, 1.82) is 0 Å². The molecule has 5 nitrogen and oxygen atoms in total. The summed E-state index contributed by atoms with van der Waals surface area (Å²) < 4.78 is 28.5. The van der Waals surface area contributed by atoms with Gasteiger partial charge in [-0.25, -0.2) is 4.72 Å². The molecule has 0 saturated carbocycles. The number of rotatable bonds is 5. The summed E-state index contributed by atoms with van der Waals surface area (Å²) in [5, 5.41) is 3.15. The Morgan fingerprint density at radius 2 is 1.78 bits per heavy atom. The second kappa shape index (κ2) is 6.32. The minimum absolute atomic E-state index is 0.0302. The van der Waals surface area contributed by atoms with E-state index in [1.807, 2.05) is 27.8 Å². The van der Waals surface area contributed by atoms with Gasteiger partial charge in [-0.05, 0) is 37.8 Å². The van der Waals surface area contributed by atoms with E-state index in [4.69, 9.17) is 0 Å². The van der Waals surface area contributed by atoms with Crippen molar-refractivity contribution in [2.45, 2.75) is 33.6 Å². The van der Waals surface area contributed by atoms with Crippen LogP contribution in [0.5, 0.6) is 0 Å². The minimum Gasteiger partial charge on any atom is -0.319 e. The summed E-state index contributed by atoms with van der Waals surface area (Å²) in [6.07, 6.45) is 1.88. The molecule has 1 heterocycles. The van der Waals surface area contributed by atoms with Crippen molar-refractivity contribution in [3.05, 3.63) is 0 Å². The number of hydrogen-bond acceptors (Lipinski definition) is 3. The number of nitrogens with one attached hydrogen (secondary N) is 2. The highest BCUT2D eigenvalue weighted by atomic mass is 32.2. The van der Waals surface area contributed by atoms with Crippen molar-refractivity contribution in [3.8, 4) is 0 Å². The first-order valence-electron chi connectivity index (χ1n) is 6.64. The summed E-state index contributed by atoms with van der Waals surface area (Å²) in [6.45, 7) is 8.78. The smallest absolute Gasteiger partial charge is 0.279 e. The fraction of sp³-hybridized carbons (Fsp3) is 1.00. The zero-order chi connectivity index (χ0) is 13.8. The SMILES string of the molecule is CNCC1CCN(S(=O)(=O)NCC(C)(C)C)CC1. The van der Waals surface area contributed by atoms with Gasteiger partial charge in [0.1, 0.15) is 0 Å². The lowest BCUT2D eigenvalue weighted by Crippen LogP contribution is -2.47. The Labute approximate surface area is 112 Å². The van der Waals surface area contributed by atoms with Gasteiger partial charge in [-0.2, -0.15) is 12.7 Å². The van der Waals surface area contributed by atoms with Crippen LogP contribution in [0.25, 0.3) is 0 Å². The Kier molecular flexibility index (Phi) is 5.58. The van der Waals surface area contributed by atoms with E-state index in [0.717, 1.165) is 19.4 Å². The maximum atomic E-state index is 12.1. The van der Waals surface area contributed by atoms with E-state index >= 15 is 0 Å². The standard InChI is InChI=1S/C12H27N3O2S/c1-12(2,3)10-14-18(16,17)15-7-5-11(6-8-15)9-13-4/h11,13-14H,5-10H2,1-4H3. The Morgan fingerprint density at radius 1 is 1.22 bits per heavy atom. The molecule has 1 aliphatic rings. The molecule has 0 aromatic carbocycles. The molecule has 0 spiro atoms. The second-order valence-corrected chi connectivity index (χ2v) is 8.04. The average Bonchev–Trinajstić information content (AvgIpc) is 2.27. The van der Waals surface area contributed by atoms with Crippen molar-refractivity contribution in [2.75, 3.05) is 33.2 Å². The maximum absolute atomic E-state index is 12.1. The molecule has 18 heavy (non-hydrogen) atoms. The zero-order valence-corrected chi connectivity index (χ0v) is 12.8. The van der Waals surface area contributed by atoms with E-state index < -0.39 is 10.2 Å². The van der Waals surface area contributed by atoms with Crippen molar-refractivity contribution < 1.29 is 8.42 Å². The Bertz CT molecular complexity index is 341. The second-order valence-electron chi connectivity index (χ2n) is 6.29. The van der Waals surface area contributed by atoms with Gasteiger partial charge >= 0.3 is 0 Å². The van der Waals surface area contributed by atoms with Crippen LogP contribution in [0, 0.1) is 11.3 Å². The molecule has 0 unspecified atom stereocenters. The van der Waals surface area contributed by atoms with Crippen LogP contribution in [-0.2, 0) is 10.2 Å². The molecule has 1 saturated heterocycles. The molecule has 0 amide bonds. The lowest BCUT2D eigenvalue weighted by Gasteiger charge is -2.32. The number of nitrogens with zero attached hydrogens (tertiary/aromatic N) is 1. The largest absolute Gasteiger partial charge is 0.319 e. The number of hydrogen-bond donors (Lipinski definition) is 2. The van der Waals surface area contributed by atoms with Crippen LogP contribution in [0.1, 0.15) is 33.6 Å². The average molecular weight is 277 g/mol. The summed E-state index contributed by atoms with van der Waals surface area (Å²) in [5.41, 5.74) is -0.0302. The van der Waals surface area contributed by atoms with E-state index in [0.29, 0.717) is 25.6 Å². The summed E-state index contributed by atoms with van der Waals surface area (Å²) in [4.78, 5) is 0.